The molecule has 1 aromatic heterocycles. The summed E-state index contributed by atoms with van der Waals surface area (Å²) in [6.07, 6.45) is -0.761. The highest BCUT2D eigenvalue weighted by molar-refractivity contribution is 14.1. The number of aliphatic hydroxyl groups is 2. The second-order valence-corrected chi connectivity index (χ2v) is 11.5. The van der Waals surface area contributed by atoms with Gasteiger partial charge in [-0.05, 0) is 80.6 Å². The molecule has 3 rings (SSSR count). The van der Waals surface area contributed by atoms with Crippen molar-refractivity contribution < 1.29 is 19.7 Å². The molecule has 190 valence electrons. The number of aliphatic hydroxyl groups excluding tert-OH is 2. The number of ether oxygens (including phenoxy) is 2. The molecular weight excluding hydrogens is 692 g/mol. The van der Waals surface area contributed by atoms with Crippen molar-refractivity contribution in [2.24, 2.45) is 5.92 Å². The van der Waals surface area contributed by atoms with Gasteiger partial charge in [0.25, 0.3) is 0 Å². The van der Waals surface area contributed by atoms with E-state index >= 15 is 0 Å². The minimum Gasteiger partial charge on any atom is -0.492 e. The van der Waals surface area contributed by atoms with E-state index < -0.39 is 6.10 Å². The Labute approximate surface area is 238 Å². The predicted octanol–water partition coefficient (Wildman–Crippen LogP) is 5.00. The Morgan fingerprint density at radius 1 is 1.11 bits per heavy atom. The van der Waals surface area contributed by atoms with Gasteiger partial charge in [-0.3, -0.25) is 0 Å². The topological polar surface area (TPSA) is 89.6 Å². The lowest BCUT2D eigenvalue weighted by atomic mass is 9.78. The average Bonchev–Trinajstić information content (AvgIpc) is 3.20. The quantitative estimate of drug-likeness (QED) is 0.202. The van der Waals surface area contributed by atoms with Gasteiger partial charge in [0.1, 0.15) is 33.6 Å². The Hall–Kier alpha value is -1.15. The second kappa shape index (κ2) is 12.9. The number of rotatable bonds is 12. The Balaban J connectivity index is 1.60. The van der Waals surface area contributed by atoms with Crippen LogP contribution < -0.4 is 9.47 Å². The number of halogens is 3. The van der Waals surface area contributed by atoms with E-state index in [0.29, 0.717) is 33.5 Å². The van der Waals surface area contributed by atoms with Gasteiger partial charge in [-0.15, -0.1) is 16.7 Å². The first-order chi connectivity index (χ1) is 16.6. The van der Waals surface area contributed by atoms with Crippen LogP contribution >= 0.6 is 56.8 Å². The van der Waals surface area contributed by atoms with Crippen LogP contribution in [0.3, 0.4) is 0 Å². The summed E-state index contributed by atoms with van der Waals surface area (Å²) in [5, 5.41) is 27.4. The van der Waals surface area contributed by atoms with Gasteiger partial charge in [0.05, 0.1) is 23.3 Å². The fourth-order valence-corrected chi connectivity index (χ4v) is 4.75. The molecule has 0 aliphatic carbocycles. The van der Waals surface area contributed by atoms with Crippen molar-refractivity contribution in [2.45, 2.75) is 45.4 Å². The molecular formula is C25H30ClI2N3O4. The molecule has 0 radical (unpaired) electrons. The monoisotopic (exact) mass is 721 g/mol. The minimum atomic E-state index is -0.761. The summed E-state index contributed by atoms with van der Waals surface area (Å²) >= 11 is 10.3. The van der Waals surface area contributed by atoms with Crippen molar-refractivity contribution in [3.05, 3.63) is 66.6 Å². The SMILES string of the molecule is CC(CCl)COc1ccc(C(C)(C)c2ccc(OCC(O)Cn3nnc(CO)c3I)cc2)cc1[123I]. The van der Waals surface area contributed by atoms with E-state index in [4.69, 9.17) is 21.1 Å². The molecule has 2 aromatic carbocycles. The zero-order chi connectivity index (χ0) is 25.6. The van der Waals surface area contributed by atoms with Crippen LogP contribution in [-0.4, -0.2) is 50.4 Å². The number of alkyl halides is 1. The van der Waals surface area contributed by atoms with Crippen LogP contribution in [0.4, 0.5) is 0 Å². The fourth-order valence-electron chi connectivity index (χ4n) is 3.41. The molecule has 1 heterocycles. The van der Waals surface area contributed by atoms with E-state index in [1.807, 2.05) is 18.2 Å². The van der Waals surface area contributed by atoms with Gasteiger partial charge < -0.3 is 19.7 Å². The molecule has 0 spiro atoms. The molecule has 2 atom stereocenters. The van der Waals surface area contributed by atoms with Gasteiger partial charge in [-0.25, -0.2) is 4.68 Å². The lowest BCUT2D eigenvalue weighted by Crippen LogP contribution is -2.25. The minimum absolute atomic E-state index is 0.120. The Morgan fingerprint density at radius 2 is 1.80 bits per heavy atom. The maximum atomic E-state index is 10.3. The third kappa shape index (κ3) is 7.43. The van der Waals surface area contributed by atoms with Crippen LogP contribution in [0, 0.1) is 13.2 Å². The van der Waals surface area contributed by atoms with Crippen molar-refractivity contribution >= 4 is 56.8 Å². The summed E-state index contributed by atoms with van der Waals surface area (Å²) in [5.74, 6) is 2.43. The normalized spacial score (nSPS) is 13.5. The van der Waals surface area contributed by atoms with E-state index in [0.717, 1.165) is 14.9 Å². The first-order valence-corrected chi connectivity index (χ1v) is 13.9. The fraction of sp³-hybridized carbons (Fsp3) is 0.440. The summed E-state index contributed by atoms with van der Waals surface area (Å²) in [5.41, 5.74) is 2.62. The molecule has 3 aromatic rings. The molecule has 2 N–H and O–H groups in total. The molecule has 7 nitrogen and oxygen atoms in total. The number of aromatic nitrogens is 3. The van der Waals surface area contributed by atoms with Crippen molar-refractivity contribution in [1.29, 1.82) is 0 Å². The lowest BCUT2D eigenvalue weighted by molar-refractivity contribution is 0.0881. The molecule has 0 bridgehead atoms. The Morgan fingerprint density at radius 3 is 2.40 bits per heavy atom. The smallest absolute Gasteiger partial charge is 0.132 e. The standard InChI is InChI=1S/C25H30ClI2N3O4/c1-16(11-26)14-35-23-9-6-18(10-21(23)27)25(2,3)17-4-7-20(8-5-17)34-15-19(33)12-31-24(28)22(13-32)29-30-31/h4-10,16,19,32-33H,11-15H2,1-3H3/i27-4. The van der Waals surface area contributed by atoms with E-state index in [2.05, 4.69) is 101 Å². The molecule has 0 amide bonds. The third-order valence-electron chi connectivity index (χ3n) is 5.73. The predicted molar refractivity (Wildman–Crippen MR) is 153 cm³/mol. The summed E-state index contributed by atoms with van der Waals surface area (Å²) < 4.78 is 15.0. The zero-order valence-corrected chi connectivity index (χ0v) is 25.0. The van der Waals surface area contributed by atoms with Crippen LogP contribution in [0.15, 0.2) is 42.5 Å². The summed E-state index contributed by atoms with van der Waals surface area (Å²) in [4.78, 5) is 0. The second-order valence-electron chi connectivity index (χ2n) is 9.00. The maximum absolute atomic E-state index is 10.3. The van der Waals surface area contributed by atoms with Crippen molar-refractivity contribution in [1.82, 2.24) is 15.0 Å². The molecule has 0 aliphatic rings. The number of hydrogen-bond donors (Lipinski definition) is 2. The van der Waals surface area contributed by atoms with Crippen LogP contribution in [0.5, 0.6) is 11.5 Å². The zero-order valence-electron chi connectivity index (χ0n) is 19.9. The lowest BCUT2D eigenvalue weighted by Gasteiger charge is -2.27. The maximum Gasteiger partial charge on any atom is 0.132 e. The highest BCUT2D eigenvalue weighted by Crippen LogP contribution is 2.35. The first kappa shape index (κ1) is 28.4. The van der Waals surface area contributed by atoms with Gasteiger partial charge in [-0.2, -0.15) is 0 Å². The van der Waals surface area contributed by atoms with Gasteiger partial charge in [-0.1, -0.05) is 44.2 Å². The van der Waals surface area contributed by atoms with Crippen LogP contribution in [0.25, 0.3) is 0 Å². The number of benzene rings is 2. The van der Waals surface area contributed by atoms with Crippen LogP contribution in [-0.2, 0) is 18.6 Å². The highest BCUT2D eigenvalue weighted by Gasteiger charge is 2.24. The number of nitrogens with zero attached hydrogens (tertiary/aromatic N) is 3. The van der Waals surface area contributed by atoms with Crippen molar-refractivity contribution in [3.63, 3.8) is 0 Å². The third-order valence-corrected chi connectivity index (χ3v) is 8.28. The van der Waals surface area contributed by atoms with Crippen LogP contribution in [0.2, 0.25) is 0 Å². The first-order valence-electron chi connectivity index (χ1n) is 11.2. The van der Waals surface area contributed by atoms with E-state index in [-0.39, 0.29) is 25.2 Å². The van der Waals surface area contributed by atoms with E-state index in [1.54, 1.807) is 4.68 Å². The van der Waals surface area contributed by atoms with Crippen molar-refractivity contribution in [3.8, 4) is 11.5 Å². The van der Waals surface area contributed by atoms with Crippen LogP contribution in [0.1, 0.15) is 37.6 Å². The highest BCUT2D eigenvalue weighted by atomic mass is 127. The summed E-state index contributed by atoms with van der Waals surface area (Å²) in [6, 6.07) is 14.2. The molecule has 10 heteroatoms. The average molecular weight is 722 g/mol. The molecule has 2 unspecified atom stereocenters. The van der Waals surface area contributed by atoms with E-state index in [1.165, 1.54) is 5.56 Å². The largest absolute Gasteiger partial charge is 0.492 e. The Kier molecular flexibility index (Phi) is 10.5. The summed E-state index contributed by atoms with van der Waals surface area (Å²) in [6.45, 7) is 7.22. The summed E-state index contributed by atoms with van der Waals surface area (Å²) in [7, 11) is 0. The van der Waals surface area contributed by atoms with Gasteiger partial charge >= 0.3 is 0 Å². The molecule has 0 saturated heterocycles. The van der Waals surface area contributed by atoms with Crippen molar-refractivity contribution in [2.75, 3.05) is 19.1 Å². The van der Waals surface area contributed by atoms with E-state index in [9.17, 15) is 10.2 Å². The molecule has 0 aliphatic heterocycles. The molecule has 0 saturated carbocycles. The number of hydrogen-bond acceptors (Lipinski definition) is 6. The molecule has 0 fully saturated rings. The van der Waals surface area contributed by atoms with Gasteiger partial charge in [0.15, 0.2) is 0 Å². The Bertz CT molecular complexity index is 1110. The van der Waals surface area contributed by atoms with Gasteiger partial charge in [0.2, 0.25) is 0 Å². The van der Waals surface area contributed by atoms with Gasteiger partial charge in [0, 0.05) is 17.2 Å². The molecule has 35 heavy (non-hydrogen) atoms.